The number of urea groups is 1. The van der Waals surface area contributed by atoms with E-state index < -0.39 is 11.7 Å². The number of carbonyl (C=O) groups excluding carboxylic acids is 2. The standard InChI is InChI=1S/C35H42N4O4/c1-34(2,3)43-31(41)14-21-8-10-25(11-9-21)37-33(42)38-32-23-12-22-13-24(32)18-35(16-22,17-23)30(40)15-28-26-6-4-5-7-27(26)29-19-36-20-39(28)29/h4-11,19-20,22-24,28,30,32,40H,12-18H2,1-3H3,(H2,37,38,42). The van der Waals surface area contributed by atoms with Crippen molar-refractivity contribution in [1.82, 2.24) is 14.9 Å². The zero-order valence-electron chi connectivity index (χ0n) is 25.3. The highest BCUT2D eigenvalue weighted by Gasteiger charge is 2.58. The molecule has 8 nitrogen and oxygen atoms in total. The summed E-state index contributed by atoms with van der Waals surface area (Å²) in [5, 5.41) is 18.2. The number of aliphatic hydroxyl groups excluding tert-OH is 1. The first-order valence-electron chi connectivity index (χ1n) is 15.7. The van der Waals surface area contributed by atoms with Crippen molar-refractivity contribution >= 4 is 17.7 Å². The average molecular weight is 583 g/mol. The van der Waals surface area contributed by atoms with E-state index in [-0.39, 0.29) is 35.9 Å². The number of nitrogens with one attached hydrogen (secondary N) is 2. The number of anilines is 1. The summed E-state index contributed by atoms with van der Waals surface area (Å²) >= 11 is 0. The van der Waals surface area contributed by atoms with E-state index in [1.165, 1.54) is 11.1 Å². The van der Waals surface area contributed by atoms with Crippen molar-refractivity contribution in [2.75, 3.05) is 5.32 Å². The lowest BCUT2D eigenvalue weighted by Crippen LogP contribution is -2.62. The SMILES string of the molecule is CC(C)(C)OC(=O)Cc1ccc(NC(=O)NC2C3CC4CC2CC(C(O)CC2c5ccccc5-c5cncn52)(C4)C3)cc1. The number of ether oxygens (including phenoxy) is 1. The number of fused-ring (bicyclic) bond motifs is 3. The third-order valence-electron chi connectivity index (χ3n) is 10.3. The number of aliphatic hydroxyl groups is 1. The fourth-order valence-corrected chi connectivity index (χ4v) is 8.93. The molecule has 3 aromatic rings. The van der Waals surface area contributed by atoms with Gasteiger partial charge in [-0.05, 0) is 106 Å². The molecule has 2 aromatic carbocycles. The molecule has 0 radical (unpaired) electrons. The van der Waals surface area contributed by atoms with Gasteiger partial charge in [-0.2, -0.15) is 0 Å². The maximum atomic E-state index is 13.1. The first kappa shape index (κ1) is 28.1. The van der Waals surface area contributed by atoms with Crippen molar-refractivity contribution < 1.29 is 19.4 Å². The maximum absolute atomic E-state index is 13.1. The van der Waals surface area contributed by atoms with Crippen LogP contribution < -0.4 is 10.6 Å². The molecule has 43 heavy (non-hydrogen) atoms. The summed E-state index contributed by atoms with van der Waals surface area (Å²) in [5.41, 5.74) is 4.55. The molecule has 4 fully saturated rings. The number of hydrogen-bond acceptors (Lipinski definition) is 5. The Hall–Kier alpha value is -3.65. The third-order valence-corrected chi connectivity index (χ3v) is 10.3. The van der Waals surface area contributed by atoms with Crippen molar-refractivity contribution in [3.63, 3.8) is 0 Å². The molecule has 1 aliphatic heterocycles. The lowest BCUT2D eigenvalue weighted by atomic mass is 9.46. The summed E-state index contributed by atoms with van der Waals surface area (Å²) in [6.07, 6.45) is 9.54. The van der Waals surface area contributed by atoms with Crippen LogP contribution in [0.3, 0.4) is 0 Å². The first-order chi connectivity index (χ1) is 20.6. The second kappa shape index (κ2) is 10.5. The Morgan fingerprint density at radius 1 is 1.07 bits per heavy atom. The normalized spacial score (nSPS) is 29.1. The van der Waals surface area contributed by atoms with Crippen LogP contribution in [-0.2, 0) is 16.0 Å². The van der Waals surface area contributed by atoms with Gasteiger partial charge in [0.1, 0.15) is 5.60 Å². The molecule has 4 unspecified atom stereocenters. The van der Waals surface area contributed by atoms with Crippen LogP contribution >= 0.6 is 0 Å². The molecule has 3 N–H and O–H groups in total. The van der Waals surface area contributed by atoms with Gasteiger partial charge in [-0.25, -0.2) is 9.78 Å². The second-order valence-corrected chi connectivity index (χ2v) is 14.5. The van der Waals surface area contributed by atoms with E-state index in [2.05, 4.69) is 44.5 Å². The van der Waals surface area contributed by atoms with Gasteiger partial charge < -0.3 is 25.0 Å². The summed E-state index contributed by atoms with van der Waals surface area (Å²) < 4.78 is 7.64. The predicted octanol–water partition coefficient (Wildman–Crippen LogP) is 6.10. The highest BCUT2D eigenvalue weighted by molar-refractivity contribution is 5.89. The number of esters is 1. The van der Waals surface area contributed by atoms with Gasteiger partial charge in [0.25, 0.3) is 0 Å². The molecule has 1 aromatic heterocycles. The molecule has 8 rings (SSSR count). The van der Waals surface area contributed by atoms with Crippen LogP contribution in [0.15, 0.2) is 61.1 Å². The molecule has 4 aliphatic carbocycles. The Morgan fingerprint density at radius 3 is 2.51 bits per heavy atom. The maximum Gasteiger partial charge on any atom is 0.319 e. The zero-order chi connectivity index (χ0) is 29.9. The molecular formula is C35H42N4O4. The molecule has 4 bridgehead atoms. The van der Waals surface area contributed by atoms with E-state index in [9.17, 15) is 14.7 Å². The highest BCUT2D eigenvalue weighted by atomic mass is 16.6. The number of rotatable bonds is 7. The summed E-state index contributed by atoms with van der Waals surface area (Å²) in [6, 6.07) is 15.9. The van der Waals surface area contributed by atoms with Crippen LogP contribution in [0.1, 0.15) is 76.5 Å². The Kier molecular flexibility index (Phi) is 6.88. The average Bonchev–Trinajstić information content (AvgIpc) is 3.53. The number of benzene rings is 2. The third kappa shape index (κ3) is 5.35. The smallest absolute Gasteiger partial charge is 0.319 e. The number of nitrogens with zero attached hydrogens (tertiary/aromatic N) is 2. The number of carbonyl (C=O) groups is 2. The quantitative estimate of drug-likeness (QED) is 0.292. The highest BCUT2D eigenvalue weighted by Crippen LogP contribution is 2.62. The Labute approximate surface area is 253 Å². The van der Waals surface area contributed by atoms with Gasteiger partial charge in [0.05, 0.1) is 36.8 Å². The number of aromatic nitrogens is 2. The molecular weight excluding hydrogens is 540 g/mol. The van der Waals surface area contributed by atoms with Crippen molar-refractivity contribution in [1.29, 1.82) is 0 Å². The van der Waals surface area contributed by atoms with Crippen LogP contribution in [0, 0.1) is 23.2 Å². The Balaban J connectivity index is 0.980. The van der Waals surface area contributed by atoms with E-state index in [0.29, 0.717) is 29.9 Å². The summed E-state index contributed by atoms with van der Waals surface area (Å²) in [4.78, 5) is 29.7. The minimum absolute atomic E-state index is 0.0899. The first-order valence-corrected chi connectivity index (χ1v) is 15.7. The second-order valence-electron chi connectivity index (χ2n) is 14.5. The van der Waals surface area contributed by atoms with Crippen molar-refractivity contribution in [3.8, 4) is 11.3 Å². The Bertz CT molecular complexity index is 1510. The van der Waals surface area contributed by atoms with Gasteiger partial charge >= 0.3 is 12.0 Å². The lowest BCUT2D eigenvalue weighted by Gasteiger charge is -2.61. The molecule has 8 heteroatoms. The predicted molar refractivity (Wildman–Crippen MR) is 164 cm³/mol. The van der Waals surface area contributed by atoms with Gasteiger partial charge in [-0.15, -0.1) is 0 Å². The molecule has 4 saturated carbocycles. The minimum atomic E-state index is -0.515. The van der Waals surface area contributed by atoms with Gasteiger partial charge in [-0.1, -0.05) is 36.4 Å². The Morgan fingerprint density at radius 2 is 1.79 bits per heavy atom. The van der Waals surface area contributed by atoms with Crippen LogP contribution in [0.5, 0.6) is 0 Å². The van der Waals surface area contributed by atoms with Gasteiger partial charge in [0.15, 0.2) is 0 Å². The number of amides is 2. The largest absolute Gasteiger partial charge is 0.460 e. The lowest BCUT2D eigenvalue weighted by molar-refractivity contribution is -0.153. The zero-order valence-corrected chi connectivity index (χ0v) is 25.3. The summed E-state index contributed by atoms with van der Waals surface area (Å²) in [7, 11) is 0. The van der Waals surface area contributed by atoms with E-state index in [0.717, 1.165) is 43.4 Å². The molecule has 5 aliphatic rings. The van der Waals surface area contributed by atoms with Crippen molar-refractivity contribution in [3.05, 3.63) is 72.2 Å². The van der Waals surface area contributed by atoms with Crippen LogP contribution in [0.2, 0.25) is 0 Å². The van der Waals surface area contributed by atoms with Crippen LogP contribution in [-0.4, -0.2) is 44.4 Å². The summed E-state index contributed by atoms with van der Waals surface area (Å²) in [5.74, 6) is 1.10. The summed E-state index contributed by atoms with van der Waals surface area (Å²) in [6.45, 7) is 5.57. The van der Waals surface area contributed by atoms with Gasteiger partial charge in [-0.3, -0.25) is 4.79 Å². The van der Waals surface area contributed by atoms with Gasteiger partial charge in [0.2, 0.25) is 0 Å². The molecule has 2 heterocycles. The van der Waals surface area contributed by atoms with E-state index in [4.69, 9.17) is 4.74 Å². The molecule has 226 valence electrons. The molecule has 4 atom stereocenters. The fourth-order valence-electron chi connectivity index (χ4n) is 8.93. The number of hydrogen-bond donors (Lipinski definition) is 3. The molecule has 0 spiro atoms. The van der Waals surface area contributed by atoms with E-state index in [1.54, 1.807) is 0 Å². The molecule has 0 saturated heterocycles. The van der Waals surface area contributed by atoms with Crippen LogP contribution in [0.4, 0.5) is 10.5 Å². The van der Waals surface area contributed by atoms with Gasteiger partial charge in [0, 0.05) is 17.3 Å². The van der Waals surface area contributed by atoms with E-state index >= 15 is 0 Å². The number of imidazole rings is 1. The fraction of sp³-hybridized carbons (Fsp3) is 0.514. The van der Waals surface area contributed by atoms with Crippen molar-refractivity contribution in [2.24, 2.45) is 23.2 Å². The van der Waals surface area contributed by atoms with E-state index in [1.807, 2.05) is 57.6 Å². The monoisotopic (exact) mass is 582 g/mol. The van der Waals surface area contributed by atoms with Crippen molar-refractivity contribution in [2.45, 2.75) is 89.5 Å². The van der Waals surface area contributed by atoms with Crippen LogP contribution in [0.25, 0.3) is 11.3 Å². The topological polar surface area (TPSA) is 105 Å². The minimum Gasteiger partial charge on any atom is -0.460 e. The molecule has 2 amide bonds.